The molecule has 5 nitrogen and oxygen atoms in total. The molecule has 0 saturated heterocycles. The van der Waals surface area contributed by atoms with E-state index in [1.165, 1.54) is 0 Å². The Balaban J connectivity index is 1.49. The molecule has 1 heterocycles. The van der Waals surface area contributed by atoms with Crippen LogP contribution in [0.15, 0.2) is 83.3 Å². The Labute approximate surface area is 166 Å². The van der Waals surface area contributed by atoms with Crippen LogP contribution in [0.2, 0.25) is 0 Å². The van der Waals surface area contributed by atoms with E-state index in [4.69, 9.17) is 9.15 Å². The number of rotatable bonds is 3. The van der Waals surface area contributed by atoms with E-state index in [2.05, 4.69) is 10.6 Å². The predicted octanol–water partition coefficient (Wildman–Crippen LogP) is 6.39. The third-order valence-electron chi connectivity index (χ3n) is 4.98. The lowest BCUT2D eigenvalue weighted by atomic mass is 10.1. The number of urea groups is 1. The SMILES string of the molecule is COc1cc2c(cc1NC(=O)Nc1cccc3ccccc13)oc1ccccc12. The molecule has 0 spiro atoms. The Morgan fingerprint density at radius 1 is 0.759 bits per heavy atom. The maximum atomic E-state index is 12.7. The van der Waals surface area contributed by atoms with Crippen LogP contribution < -0.4 is 15.4 Å². The van der Waals surface area contributed by atoms with Gasteiger partial charge in [-0.15, -0.1) is 0 Å². The molecule has 0 radical (unpaired) electrons. The molecule has 0 bridgehead atoms. The Hall–Kier alpha value is -3.99. The van der Waals surface area contributed by atoms with Gasteiger partial charge in [-0.1, -0.05) is 54.6 Å². The first-order valence-corrected chi connectivity index (χ1v) is 9.28. The number of anilines is 2. The number of benzene rings is 4. The second-order valence-corrected chi connectivity index (χ2v) is 6.75. The van der Waals surface area contributed by atoms with Crippen molar-refractivity contribution in [2.45, 2.75) is 0 Å². The van der Waals surface area contributed by atoms with E-state index in [9.17, 15) is 4.79 Å². The van der Waals surface area contributed by atoms with Gasteiger partial charge in [0, 0.05) is 22.2 Å². The number of ether oxygens (including phenoxy) is 1. The fraction of sp³-hybridized carbons (Fsp3) is 0.0417. The molecule has 0 aliphatic heterocycles. The molecule has 0 unspecified atom stereocenters. The van der Waals surface area contributed by atoms with Crippen molar-refractivity contribution in [2.75, 3.05) is 17.7 Å². The van der Waals surface area contributed by atoms with Crippen LogP contribution in [0.1, 0.15) is 0 Å². The summed E-state index contributed by atoms with van der Waals surface area (Å²) in [5, 5.41) is 9.79. The molecule has 0 atom stereocenters. The van der Waals surface area contributed by atoms with Crippen molar-refractivity contribution in [3.05, 3.63) is 78.9 Å². The zero-order valence-corrected chi connectivity index (χ0v) is 15.7. The number of carbonyl (C=O) groups is 1. The van der Waals surface area contributed by atoms with E-state index in [1.807, 2.05) is 72.8 Å². The lowest BCUT2D eigenvalue weighted by molar-refractivity contribution is 0.262. The van der Waals surface area contributed by atoms with Gasteiger partial charge in [-0.2, -0.15) is 0 Å². The smallest absolute Gasteiger partial charge is 0.323 e. The topological polar surface area (TPSA) is 63.5 Å². The normalized spacial score (nSPS) is 11.1. The first-order valence-electron chi connectivity index (χ1n) is 9.28. The molecule has 0 aliphatic rings. The van der Waals surface area contributed by atoms with E-state index in [0.29, 0.717) is 17.0 Å². The maximum Gasteiger partial charge on any atom is 0.323 e. The van der Waals surface area contributed by atoms with Crippen LogP contribution in [0.25, 0.3) is 32.7 Å². The third-order valence-corrected chi connectivity index (χ3v) is 4.98. The van der Waals surface area contributed by atoms with Crippen molar-refractivity contribution in [1.29, 1.82) is 0 Å². The fourth-order valence-corrected chi connectivity index (χ4v) is 3.63. The molecule has 1 aromatic heterocycles. The summed E-state index contributed by atoms with van der Waals surface area (Å²) in [6, 6.07) is 24.8. The van der Waals surface area contributed by atoms with Crippen LogP contribution in [-0.4, -0.2) is 13.1 Å². The predicted molar refractivity (Wildman–Crippen MR) is 117 cm³/mol. The van der Waals surface area contributed by atoms with Gasteiger partial charge >= 0.3 is 6.03 Å². The van der Waals surface area contributed by atoms with Crippen LogP contribution in [-0.2, 0) is 0 Å². The summed E-state index contributed by atoms with van der Waals surface area (Å²) < 4.78 is 11.4. The zero-order valence-electron chi connectivity index (χ0n) is 15.7. The average Bonchev–Trinajstić information content (AvgIpc) is 3.10. The third kappa shape index (κ3) is 3.02. The number of methoxy groups -OCH3 is 1. The van der Waals surface area contributed by atoms with Gasteiger partial charge in [-0.25, -0.2) is 4.79 Å². The van der Waals surface area contributed by atoms with Gasteiger partial charge in [0.15, 0.2) is 0 Å². The molecule has 2 N–H and O–H groups in total. The molecule has 142 valence electrons. The quantitative estimate of drug-likeness (QED) is 0.380. The summed E-state index contributed by atoms with van der Waals surface area (Å²) in [5.74, 6) is 0.567. The molecule has 5 rings (SSSR count). The highest BCUT2D eigenvalue weighted by atomic mass is 16.5. The Morgan fingerprint density at radius 3 is 2.34 bits per heavy atom. The molecule has 4 aromatic carbocycles. The van der Waals surface area contributed by atoms with Crippen LogP contribution in [0, 0.1) is 0 Å². The average molecular weight is 382 g/mol. The number of hydrogen-bond donors (Lipinski definition) is 2. The van der Waals surface area contributed by atoms with Crippen LogP contribution in [0.3, 0.4) is 0 Å². The number of nitrogens with one attached hydrogen (secondary N) is 2. The van der Waals surface area contributed by atoms with Gasteiger partial charge in [0.05, 0.1) is 18.5 Å². The summed E-state index contributed by atoms with van der Waals surface area (Å²) in [4.78, 5) is 12.7. The molecule has 5 aromatic rings. The van der Waals surface area contributed by atoms with Crippen molar-refractivity contribution in [3.63, 3.8) is 0 Å². The van der Waals surface area contributed by atoms with Gasteiger partial charge in [0.2, 0.25) is 0 Å². The van der Waals surface area contributed by atoms with E-state index >= 15 is 0 Å². The molecule has 2 amide bonds. The van der Waals surface area contributed by atoms with Crippen molar-refractivity contribution in [2.24, 2.45) is 0 Å². The summed E-state index contributed by atoms with van der Waals surface area (Å²) in [6.07, 6.45) is 0. The molecule has 0 fully saturated rings. The van der Waals surface area contributed by atoms with E-state index in [1.54, 1.807) is 13.2 Å². The van der Waals surface area contributed by atoms with Crippen molar-refractivity contribution < 1.29 is 13.9 Å². The van der Waals surface area contributed by atoms with Crippen molar-refractivity contribution >= 4 is 50.1 Å². The van der Waals surface area contributed by atoms with E-state index in [0.717, 1.165) is 32.8 Å². The minimum absolute atomic E-state index is 0.352. The number of hydrogen-bond acceptors (Lipinski definition) is 3. The monoisotopic (exact) mass is 382 g/mol. The van der Waals surface area contributed by atoms with Crippen LogP contribution in [0.4, 0.5) is 16.2 Å². The minimum atomic E-state index is -0.352. The molecule has 0 aliphatic carbocycles. The van der Waals surface area contributed by atoms with E-state index in [-0.39, 0.29) is 6.03 Å². The molecular formula is C24H18N2O3. The summed E-state index contributed by atoms with van der Waals surface area (Å²) in [6.45, 7) is 0. The number of furan rings is 1. The van der Waals surface area contributed by atoms with Gasteiger partial charge < -0.3 is 19.8 Å². The molecule has 5 heteroatoms. The zero-order chi connectivity index (χ0) is 19.8. The Morgan fingerprint density at radius 2 is 1.48 bits per heavy atom. The number of para-hydroxylation sites is 1. The van der Waals surface area contributed by atoms with Crippen molar-refractivity contribution in [3.8, 4) is 5.75 Å². The summed E-state index contributed by atoms with van der Waals surface area (Å²) in [7, 11) is 1.58. The second-order valence-electron chi connectivity index (χ2n) is 6.75. The van der Waals surface area contributed by atoms with Gasteiger partial charge in [0.25, 0.3) is 0 Å². The number of carbonyl (C=O) groups excluding carboxylic acids is 1. The number of fused-ring (bicyclic) bond motifs is 4. The Bertz CT molecular complexity index is 1370. The Kier molecular flexibility index (Phi) is 4.06. The highest BCUT2D eigenvalue weighted by Gasteiger charge is 2.14. The minimum Gasteiger partial charge on any atom is -0.495 e. The highest BCUT2D eigenvalue weighted by molar-refractivity contribution is 6.10. The standard InChI is InChI=1S/C24H18N2O3/c1-28-23-13-18-17-10-4-5-12-21(17)29-22(18)14-20(23)26-24(27)25-19-11-6-8-15-7-2-3-9-16(15)19/h2-14H,1H3,(H2,25,26,27). The summed E-state index contributed by atoms with van der Waals surface area (Å²) in [5.41, 5.74) is 2.76. The second kappa shape index (κ2) is 6.87. The number of amides is 2. The molecular weight excluding hydrogens is 364 g/mol. The molecule has 29 heavy (non-hydrogen) atoms. The summed E-state index contributed by atoms with van der Waals surface area (Å²) >= 11 is 0. The van der Waals surface area contributed by atoms with E-state index < -0.39 is 0 Å². The lowest BCUT2D eigenvalue weighted by Gasteiger charge is -2.12. The van der Waals surface area contributed by atoms with Gasteiger partial charge in [-0.3, -0.25) is 0 Å². The largest absolute Gasteiger partial charge is 0.495 e. The maximum absolute atomic E-state index is 12.7. The van der Waals surface area contributed by atoms with Crippen molar-refractivity contribution in [1.82, 2.24) is 0 Å². The first kappa shape index (κ1) is 17.1. The fourth-order valence-electron chi connectivity index (χ4n) is 3.63. The van der Waals surface area contributed by atoms with Gasteiger partial charge in [0.1, 0.15) is 16.9 Å². The first-order chi connectivity index (χ1) is 14.2. The lowest BCUT2D eigenvalue weighted by Crippen LogP contribution is -2.20. The van der Waals surface area contributed by atoms with Crippen LogP contribution in [0.5, 0.6) is 5.75 Å². The highest BCUT2D eigenvalue weighted by Crippen LogP contribution is 2.36. The molecule has 0 saturated carbocycles. The van der Waals surface area contributed by atoms with Gasteiger partial charge in [-0.05, 0) is 23.6 Å². The van der Waals surface area contributed by atoms with Crippen LogP contribution >= 0.6 is 0 Å².